The second kappa shape index (κ2) is 8.79. The first-order valence-electron chi connectivity index (χ1n) is 9.20. The van der Waals surface area contributed by atoms with E-state index in [0.29, 0.717) is 17.3 Å². The minimum atomic E-state index is -3.79. The third-order valence-electron chi connectivity index (χ3n) is 4.31. The van der Waals surface area contributed by atoms with Crippen molar-refractivity contribution in [1.29, 1.82) is 0 Å². The number of anilines is 3. The van der Waals surface area contributed by atoms with Crippen LogP contribution >= 0.6 is 0 Å². The first-order chi connectivity index (χ1) is 13.8. The summed E-state index contributed by atoms with van der Waals surface area (Å²) in [6, 6.07) is 21.9. The fraction of sp³-hybridized carbons (Fsp3) is 0.136. The summed E-state index contributed by atoms with van der Waals surface area (Å²) in [5.41, 5.74) is 2.32. The summed E-state index contributed by atoms with van der Waals surface area (Å²) in [6.07, 6.45) is 0. The molecule has 0 aromatic heterocycles. The lowest BCUT2D eigenvalue weighted by Gasteiger charge is -2.14. The molecule has 0 atom stereocenters. The van der Waals surface area contributed by atoms with Gasteiger partial charge < -0.3 is 10.6 Å². The minimum absolute atomic E-state index is 0.158. The van der Waals surface area contributed by atoms with Crippen molar-refractivity contribution < 1.29 is 13.2 Å². The second-order valence-corrected chi connectivity index (χ2v) is 8.50. The first-order valence-corrected chi connectivity index (χ1v) is 10.7. The Morgan fingerprint density at radius 3 is 1.97 bits per heavy atom. The fourth-order valence-electron chi connectivity index (χ4n) is 2.72. The van der Waals surface area contributed by atoms with Crippen LogP contribution in [-0.2, 0) is 10.0 Å². The molecule has 29 heavy (non-hydrogen) atoms. The van der Waals surface area contributed by atoms with E-state index in [-0.39, 0.29) is 10.6 Å². The lowest BCUT2D eigenvalue weighted by atomic mass is 10.0. The van der Waals surface area contributed by atoms with E-state index in [1.54, 1.807) is 60.7 Å². The van der Waals surface area contributed by atoms with Crippen LogP contribution in [0.1, 0.15) is 25.3 Å². The van der Waals surface area contributed by atoms with Crippen LogP contribution in [-0.4, -0.2) is 14.4 Å². The van der Waals surface area contributed by atoms with E-state index in [1.165, 1.54) is 0 Å². The van der Waals surface area contributed by atoms with Crippen molar-refractivity contribution in [3.63, 3.8) is 0 Å². The van der Waals surface area contributed by atoms with Crippen molar-refractivity contribution in [3.05, 3.63) is 84.4 Å². The van der Waals surface area contributed by atoms with Crippen LogP contribution in [0.15, 0.2) is 83.8 Å². The maximum absolute atomic E-state index is 12.8. The average molecular weight is 410 g/mol. The van der Waals surface area contributed by atoms with Crippen molar-refractivity contribution in [2.24, 2.45) is 0 Å². The Kier molecular flexibility index (Phi) is 6.19. The molecular weight excluding hydrogens is 386 g/mol. The van der Waals surface area contributed by atoms with E-state index in [0.717, 1.165) is 5.56 Å². The van der Waals surface area contributed by atoms with Gasteiger partial charge in [-0.05, 0) is 47.9 Å². The molecule has 6 nitrogen and oxygen atoms in total. The monoisotopic (exact) mass is 409 g/mol. The van der Waals surface area contributed by atoms with Gasteiger partial charge in [0.25, 0.3) is 10.0 Å². The highest BCUT2D eigenvalue weighted by atomic mass is 32.2. The number of hydrogen-bond acceptors (Lipinski definition) is 3. The number of sulfonamides is 1. The third-order valence-corrected chi connectivity index (χ3v) is 5.69. The third kappa shape index (κ3) is 5.36. The molecule has 3 aromatic carbocycles. The predicted octanol–water partition coefficient (Wildman–Crippen LogP) is 5.25. The number of amides is 2. The number of hydrogen-bond donors (Lipinski definition) is 3. The number of urea groups is 1. The van der Waals surface area contributed by atoms with E-state index < -0.39 is 16.1 Å². The number of para-hydroxylation sites is 3. The maximum atomic E-state index is 12.8. The van der Waals surface area contributed by atoms with Gasteiger partial charge in [0.15, 0.2) is 0 Å². The molecule has 0 saturated carbocycles. The number of carbonyl (C=O) groups excluding carboxylic acids is 1. The van der Waals surface area contributed by atoms with Gasteiger partial charge in [-0.3, -0.25) is 4.72 Å². The van der Waals surface area contributed by atoms with Crippen molar-refractivity contribution in [1.82, 2.24) is 0 Å². The highest BCUT2D eigenvalue weighted by molar-refractivity contribution is 7.92. The molecule has 0 aliphatic rings. The standard InChI is InChI=1S/C22H23N3O3S/c1-16(2)17-12-14-19(15-13-17)29(27,28)25-21-11-7-6-10-20(21)24-22(26)23-18-8-4-3-5-9-18/h3-16,25H,1-2H3,(H2,23,24,26). The molecule has 0 radical (unpaired) electrons. The van der Waals surface area contributed by atoms with Gasteiger partial charge in [-0.25, -0.2) is 13.2 Å². The Morgan fingerprint density at radius 2 is 1.34 bits per heavy atom. The highest BCUT2D eigenvalue weighted by Crippen LogP contribution is 2.25. The van der Waals surface area contributed by atoms with E-state index in [9.17, 15) is 13.2 Å². The summed E-state index contributed by atoms with van der Waals surface area (Å²) in [5, 5.41) is 5.38. The Bertz CT molecular complexity index is 1080. The van der Waals surface area contributed by atoms with Crippen LogP contribution in [0, 0.1) is 0 Å². The molecule has 3 rings (SSSR count). The van der Waals surface area contributed by atoms with Crippen LogP contribution in [0.3, 0.4) is 0 Å². The quantitative estimate of drug-likeness (QED) is 0.519. The van der Waals surface area contributed by atoms with Crippen LogP contribution in [0.2, 0.25) is 0 Å². The van der Waals surface area contributed by atoms with Gasteiger partial charge in [0.1, 0.15) is 0 Å². The summed E-state index contributed by atoms with van der Waals surface area (Å²) in [4.78, 5) is 12.4. The predicted molar refractivity (Wildman–Crippen MR) is 117 cm³/mol. The highest BCUT2D eigenvalue weighted by Gasteiger charge is 2.17. The Labute approximate surface area is 171 Å². The molecule has 150 valence electrons. The molecule has 0 heterocycles. The zero-order valence-corrected chi connectivity index (χ0v) is 17.0. The normalized spacial score (nSPS) is 11.1. The topological polar surface area (TPSA) is 87.3 Å². The molecule has 7 heteroatoms. The Balaban J connectivity index is 1.76. The van der Waals surface area contributed by atoms with Gasteiger partial charge in [0, 0.05) is 5.69 Å². The molecule has 0 spiro atoms. The number of benzene rings is 3. The van der Waals surface area contributed by atoms with Crippen LogP contribution in [0.25, 0.3) is 0 Å². The molecule has 0 aliphatic heterocycles. The van der Waals surface area contributed by atoms with Crippen molar-refractivity contribution >= 4 is 33.1 Å². The smallest absolute Gasteiger partial charge is 0.308 e. The van der Waals surface area contributed by atoms with Crippen LogP contribution in [0.4, 0.5) is 21.9 Å². The molecule has 0 bridgehead atoms. The molecule has 0 saturated heterocycles. The van der Waals surface area contributed by atoms with E-state index in [1.807, 2.05) is 32.0 Å². The second-order valence-electron chi connectivity index (χ2n) is 6.82. The fourth-order valence-corrected chi connectivity index (χ4v) is 3.80. The summed E-state index contributed by atoms with van der Waals surface area (Å²) in [5.74, 6) is 0.313. The largest absolute Gasteiger partial charge is 0.323 e. The molecular formula is C22H23N3O3S. The summed E-state index contributed by atoms with van der Waals surface area (Å²) in [7, 11) is -3.79. The lowest BCUT2D eigenvalue weighted by Crippen LogP contribution is -2.21. The Hall–Kier alpha value is -3.32. The lowest BCUT2D eigenvalue weighted by molar-refractivity contribution is 0.262. The van der Waals surface area contributed by atoms with E-state index >= 15 is 0 Å². The van der Waals surface area contributed by atoms with Crippen molar-refractivity contribution in [3.8, 4) is 0 Å². The van der Waals surface area contributed by atoms with Crippen LogP contribution < -0.4 is 15.4 Å². The molecule has 3 N–H and O–H groups in total. The van der Waals surface area contributed by atoms with Gasteiger partial charge in [-0.2, -0.15) is 0 Å². The number of carbonyl (C=O) groups is 1. The first kappa shape index (κ1) is 20.4. The minimum Gasteiger partial charge on any atom is -0.308 e. The van der Waals surface area contributed by atoms with Gasteiger partial charge in [0.05, 0.1) is 16.3 Å². The molecule has 2 amide bonds. The molecule has 3 aromatic rings. The van der Waals surface area contributed by atoms with E-state index in [4.69, 9.17) is 0 Å². The van der Waals surface area contributed by atoms with Gasteiger partial charge in [0.2, 0.25) is 0 Å². The van der Waals surface area contributed by atoms with E-state index in [2.05, 4.69) is 15.4 Å². The van der Waals surface area contributed by atoms with Gasteiger partial charge in [-0.15, -0.1) is 0 Å². The number of nitrogens with one attached hydrogen (secondary N) is 3. The van der Waals surface area contributed by atoms with Crippen molar-refractivity contribution in [2.75, 3.05) is 15.4 Å². The maximum Gasteiger partial charge on any atom is 0.323 e. The average Bonchev–Trinajstić information content (AvgIpc) is 2.70. The van der Waals surface area contributed by atoms with Gasteiger partial charge >= 0.3 is 6.03 Å². The zero-order valence-electron chi connectivity index (χ0n) is 16.2. The molecule has 0 unspecified atom stereocenters. The number of rotatable bonds is 6. The summed E-state index contributed by atoms with van der Waals surface area (Å²) >= 11 is 0. The summed E-state index contributed by atoms with van der Waals surface area (Å²) < 4.78 is 28.1. The van der Waals surface area contributed by atoms with Crippen molar-refractivity contribution in [2.45, 2.75) is 24.7 Å². The SMILES string of the molecule is CC(C)c1ccc(S(=O)(=O)Nc2ccccc2NC(=O)Nc2ccccc2)cc1. The Morgan fingerprint density at radius 1 is 0.759 bits per heavy atom. The molecule has 0 fully saturated rings. The summed E-state index contributed by atoms with van der Waals surface area (Å²) in [6.45, 7) is 4.09. The zero-order chi connectivity index (χ0) is 20.9. The van der Waals surface area contributed by atoms with Gasteiger partial charge in [-0.1, -0.05) is 56.3 Å². The van der Waals surface area contributed by atoms with Crippen LogP contribution in [0.5, 0.6) is 0 Å². The molecule has 0 aliphatic carbocycles.